The van der Waals surface area contributed by atoms with Crippen molar-refractivity contribution in [2.75, 3.05) is 19.8 Å². The summed E-state index contributed by atoms with van der Waals surface area (Å²) in [5, 5.41) is 15.6. The Balaban J connectivity index is 2.53. The van der Waals surface area contributed by atoms with Crippen molar-refractivity contribution in [2.45, 2.75) is 58.7 Å². The lowest BCUT2D eigenvalue weighted by Gasteiger charge is -2.31. The highest BCUT2D eigenvalue weighted by molar-refractivity contribution is 5.82. The molecule has 1 fully saturated rings. The molecule has 0 aliphatic carbocycles. The summed E-state index contributed by atoms with van der Waals surface area (Å²) in [7, 11) is 0. The Labute approximate surface area is 122 Å². The van der Waals surface area contributed by atoms with E-state index in [0.717, 1.165) is 26.1 Å². The lowest BCUT2D eigenvalue weighted by molar-refractivity contribution is -0.125. The van der Waals surface area contributed by atoms with Gasteiger partial charge >= 0.3 is 0 Å². The van der Waals surface area contributed by atoms with E-state index in [0.29, 0.717) is 6.04 Å². The van der Waals surface area contributed by atoms with Gasteiger partial charge in [0.25, 0.3) is 0 Å². The largest absolute Gasteiger partial charge is 0.396 e. The summed E-state index contributed by atoms with van der Waals surface area (Å²) in [6.45, 7) is 9.59. The second-order valence-electron chi connectivity index (χ2n) is 6.23. The molecule has 1 heterocycles. The molecule has 1 rings (SSSR count). The molecule has 118 valence electrons. The van der Waals surface area contributed by atoms with Crippen LogP contribution in [0.15, 0.2) is 0 Å². The molecular weight excluding hydrogens is 256 g/mol. The quantitative estimate of drug-likeness (QED) is 0.651. The van der Waals surface area contributed by atoms with Gasteiger partial charge in [-0.3, -0.25) is 4.79 Å². The predicted octanol–water partition coefficient (Wildman–Crippen LogP) is 0.913. The molecule has 0 aromatic carbocycles. The Kier molecular flexibility index (Phi) is 7.48. The van der Waals surface area contributed by atoms with E-state index in [4.69, 9.17) is 9.84 Å². The van der Waals surface area contributed by atoms with Crippen LogP contribution < -0.4 is 10.6 Å². The van der Waals surface area contributed by atoms with Gasteiger partial charge in [0.2, 0.25) is 5.91 Å². The van der Waals surface area contributed by atoms with Crippen LogP contribution in [-0.2, 0) is 9.53 Å². The molecule has 3 unspecified atom stereocenters. The van der Waals surface area contributed by atoms with Crippen molar-refractivity contribution in [1.82, 2.24) is 10.6 Å². The van der Waals surface area contributed by atoms with Crippen LogP contribution in [0.25, 0.3) is 0 Å². The van der Waals surface area contributed by atoms with Crippen LogP contribution in [0.5, 0.6) is 0 Å². The third kappa shape index (κ3) is 5.38. The lowest BCUT2D eigenvalue weighted by atomic mass is 9.98. The number of ether oxygens (including phenoxy) is 1. The van der Waals surface area contributed by atoms with Gasteiger partial charge in [0.1, 0.15) is 0 Å². The van der Waals surface area contributed by atoms with Crippen LogP contribution in [-0.4, -0.2) is 49.0 Å². The fourth-order valence-electron chi connectivity index (χ4n) is 2.30. The summed E-state index contributed by atoms with van der Waals surface area (Å²) in [6, 6.07) is 0.143. The smallest absolute Gasteiger partial charge is 0.237 e. The van der Waals surface area contributed by atoms with Crippen molar-refractivity contribution < 1.29 is 14.6 Å². The molecule has 1 amide bonds. The highest BCUT2D eigenvalue weighted by Gasteiger charge is 2.27. The van der Waals surface area contributed by atoms with E-state index in [1.165, 1.54) is 0 Å². The van der Waals surface area contributed by atoms with Crippen molar-refractivity contribution in [3.8, 4) is 0 Å². The maximum atomic E-state index is 12.4. The minimum Gasteiger partial charge on any atom is -0.396 e. The Morgan fingerprint density at radius 1 is 1.25 bits per heavy atom. The average molecular weight is 286 g/mol. The number of aliphatic hydroxyl groups is 1. The van der Waals surface area contributed by atoms with Crippen molar-refractivity contribution in [2.24, 2.45) is 11.8 Å². The molecule has 0 aromatic heterocycles. The van der Waals surface area contributed by atoms with E-state index in [-0.39, 0.29) is 36.4 Å². The first-order valence-electron chi connectivity index (χ1n) is 7.70. The third-order valence-electron chi connectivity index (χ3n) is 4.10. The fourth-order valence-corrected chi connectivity index (χ4v) is 2.30. The van der Waals surface area contributed by atoms with Gasteiger partial charge in [-0.2, -0.15) is 0 Å². The van der Waals surface area contributed by atoms with Crippen LogP contribution in [0, 0.1) is 11.8 Å². The molecule has 0 saturated carbocycles. The molecule has 0 bridgehead atoms. The Morgan fingerprint density at radius 3 is 2.35 bits per heavy atom. The van der Waals surface area contributed by atoms with Crippen LogP contribution in [0.3, 0.4) is 0 Å². The molecule has 3 N–H and O–H groups in total. The number of carbonyl (C=O) groups excluding carboxylic acids is 1. The van der Waals surface area contributed by atoms with Crippen LogP contribution in [0.1, 0.15) is 40.5 Å². The van der Waals surface area contributed by atoms with Gasteiger partial charge in [0.15, 0.2) is 0 Å². The molecule has 1 aliphatic rings. The highest BCUT2D eigenvalue weighted by atomic mass is 16.5. The van der Waals surface area contributed by atoms with Crippen LogP contribution in [0.2, 0.25) is 0 Å². The Bertz CT molecular complexity index is 291. The number of rotatable bonds is 7. The summed E-state index contributed by atoms with van der Waals surface area (Å²) in [5.74, 6) is 0.323. The summed E-state index contributed by atoms with van der Waals surface area (Å²) in [4.78, 5) is 12.4. The molecule has 3 atom stereocenters. The van der Waals surface area contributed by atoms with Gasteiger partial charge in [-0.25, -0.2) is 0 Å². The van der Waals surface area contributed by atoms with E-state index >= 15 is 0 Å². The number of amides is 1. The van der Waals surface area contributed by atoms with E-state index in [9.17, 15) is 4.79 Å². The fraction of sp³-hybridized carbons (Fsp3) is 0.933. The lowest BCUT2D eigenvalue weighted by Crippen LogP contribution is -2.54. The number of hydrogen-bond acceptors (Lipinski definition) is 4. The van der Waals surface area contributed by atoms with Crippen LogP contribution >= 0.6 is 0 Å². The maximum Gasteiger partial charge on any atom is 0.237 e. The zero-order valence-corrected chi connectivity index (χ0v) is 13.2. The van der Waals surface area contributed by atoms with Gasteiger partial charge in [-0.05, 0) is 31.6 Å². The molecular formula is C15H30N2O3. The summed E-state index contributed by atoms with van der Waals surface area (Å²) in [6.07, 6.45) is 1.91. The second kappa shape index (κ2) is 8.60. The third-order valence-corrected chi connectivity index (χ3v) is 4.10. The normalized spacial score (nSPS) is 21.5. The van der Waals surface area contributed by atoms with Gasteiger partial charge in [-0.1, -0.05) is 20.8 Å². The van der Waals surface area contributed by atoms with Gasteiger partial charge in [0, 0.05) is 31.9 Å². The first-order chi connectivity index (χ1) is 9.45. The molecule has 0 aromatic rings. The van der Waals surface area contributed by atoms with Gasteiger partial charge in [-0.15, -0.1) is 0 Å². The zero-order valence-electron chi connectivity index (χ0n) is 13.2. The average Bonchev–Trinajstić information content (AvgIpc) is 2.44. The van der Waals surface area contributed by atoms with E-state index in [1.807, 2.05) is 13.8 Å². The van der Waals surface area contributed by atoms with Gasteiger partial charge in [0.05, 0.1) is 6.04 Å². The monoisotopic (exact) mass is 286 g/mol. The maximum absolute atomic E-state index is 12.4. The first-order valence-corrected chi connectivity index (χ1v) is 7.70. The van der Waals surface area contributed by atoms with Crippen molar-refractivity contribution >= 4 is 5.91 Å². The Hall–Kier alpha value is -0.650. The second-order valence-corrected chi connectivity index (χ2v) is 6.23. The van der Waals surface area contributed by atoms with E-state index in [1.54, 1.807) is 0 Å². The minimum absolute atomic E-state index is 0.0229. The molecule has 20 heavy (non-hydrogen) atoms. The molecule has 5 nitrogen and oxygen atoms in total. The number of aliphatic hydroxyl groups excluding tert-OH is 1. The first kappa shape index (κ1) is 17.4. The van der Waals surface area contributed by atoms with Gasteiger partial charge < -0.3 is 20.5 Å². The van der Waals surface area contributed by atoms with Crippen molar-refractivity contribution in [3.05, 3.63) is 0 Å². The SMILES string of the molecule is CC(C)C(NC1CCOCC1)C(=O)NC(C)C(C)CO. The van der Waals surface area contributed by atoms with E-state index in [2.05, 4.69) is 24.5 Å². The van der Waals surface area contributed by atoms with Crippen LogP contribution in [0.4, 0.5) is 0 Å². The Morgan fingerprint density at radius 2 is 1.85 bits per heavy atom. The van der Waals surface area contributed by atoms with E-state index < -0.39 is 0 Å². The van der Waals surface area contributed by atoms with Crippen molar-refractivity contribution in [3.63, 3.8) is 0 Å². The summed E-state index contributed by atoms with van der Waals surface area (Å²) in [5.41, 5.74) is 0. The number of nitrogens with one attached hydrogen (secondary N) is 2. The molecule has 1 aliphatic heterocycles. The minimum atomic E-state index is -0.188. The number of hydrogen-bond donors (Lipinski definition) is 3. The van der Waals surface area contributed by atoms with Crippen molar-refractivity contribution in [1.29, 1.82) is 0 Å². The summed E-state index contributed by atoms with van der Waals surface area (Å²) >= 11 is 0. The zero-order chi connectivity index (χ0) is 15.1. The number of carbonyl (C=O) groups is 1. The molecule has 1 saturated heterocycles. The standard InChI is InChI=1S/C15H30N2O3/c1-10(2)14(17-13-5-7-20-8-6-13)15(19)16-12(4)11(3)9-18/h10-14,17-18H,5-9H2,1-4H3,(H,16,19). The molecule has 5 heteroatoms. The molecule has 0 radical (unpaired) electrons. The summed E-state index contributed by atoms with van der Waals surface area (Å²) < 4.78 is 5.34. The predicted molar refractivity (Wildman–Crippen MR) is 79.5 cm³/mol. The molecule has 0 spiro atoms. The highest BCUT2D eigenvalue weighted by Crippen LogP contribution is 2.11. The topological polar surface area (TPSA) is 70.6 Å².